The van der Waals surface area contributed by atoms with Crippen molar-refractivity contribution in [1.29, 1.82) is 0 Å². The molecule has 0 aromatic heterocycles. The maximum absolute atomic E-state index is 13.4. The first kappa shape index (κ1) is 29.0. The molecule has 8 nitrogen and oxygen atoms in total. The Kier molecular flexibility index (Phi) is 9.80. The van der Waals surface area contributed by atoms with E-state index in [1.54, 1.807) is 42.3 Å². The number of carbonyl (C=O) groups is 2. The molecule has 0 bridgehead atoms. The predicted molar refractivity (Wildman–Crippen MR) is 148 cm³/mol. The van der Waals surface area contributed by atoms with Gasteiger partial charge in [-0.3, -0.25) is 9.59 Å². The quantitative estimate of drug-likeness (QED) is 0.242. The number of hydrogen-bond acceptors (Lipinski definition) is 7. The van der Waals surface area contributed by atoms with Crippen molar-refractivity contribution in [3.63, 3.8) is 0 Å². The van der Waals surface area contributed by atoms with Crippen molar-refractivity contribution in [3.05, 3.63) is 58.7 Å². The van der Waals surface area contributed by atoms with E-state index >= 15 is 0 Å². The smallest absolute Gasteiger partial charge is 0.295 e. The van der Waals surface area contributed by atoms with Crippen molar-refractivity contribution in [3.8, 4) is 17.2 Å². The number of aliphatic hydroxyl groups excluding tert-OH is 1. The van der Waals surface area contributed by atoms with Crippen LogP contribution in [0.2, 0.25) is 0 Å². The van der Waals surface area contributed by atoms with Crippen LogP contribution >= 0.6 is 0 Å². The zero-order valence-electron chi connectivity index (χ0n) is 23.5. The number of amides is 1. The van der Waals surface area contributed by atoms with E-state index in [0.717, 1.165) is 18.7 Å². The minimum absolute atomic E-state index is 0.0562. The summed E-state index contributed by atoms with van der Waals surface area (Å²) in [5.41, 5.74) is 1.93. The lowest BCUT2D eigenvalue weighted by molar-refractivity contribution is -0.140. The van der Waals surface area contributed by atoms with Crippen LogP contribution in [0.5, 0.6) is 17.2 Å². The molecular formula is C30H40N2O6. The van der Waals surface area contributed by atoms with Gasteiger partial charge in [0.25, 0.3) is 11.7 Å². The predicted octanol–water partition coefficient (Wildman–Crippen LogP) is 4.81. The Bertz CT molecular complexity index is 1190. The van der Waals surface area contributed by atoms with Gasteiger partial charge in [-0.2, -0.15) is 0 Å². The third-order valence-corrected chi connectivity index (χ3v) is 6.85. The fourth-order valence-corrected chi connectivity index (χ4v) is 4.67. The summed E-state index contributed by atoms with van der Waals surface area (Å²) >= 11 is 0. The number of methoxy groups -OCH3 is 2. The second-order valence-corrected chi connectivity index (χ2v) is 9.82. The van der Waals surface area contributed by atoms with Crippen molar-refractivity contribution in [1.82, 2.24) is 9.80 Å². The van der Waals surface area contributed by atoms with E-state index in [0.29, 0.717) is 54.0 Å². The highest BCUT2D eigenvalue weighted by atomic mass is 16.5. The average Bonchev–Trinajstić information content (AvgIpc) is 3.16. The molecule has 0 radical (unpaired) electrons. The standard InChI is InChI=1S/C30H40N2O6/c1-8-31(9-2)14-15-32-27(21-10-13-24(36-6)25(17-21)37-7)26(29(34)30(32)35)28(33)23-12-11-22(16-20(23)5)38-18-19(3)4/h10-13,16-17,19,27,33H,8-9,14-15,18H2,1-7H3/b28-26+. The summed E-state index contributed by atoms with van der Waals surface area (Å²) < 4.78 is 16.7. The van der Waals surface area contributed by atoms with Crippen LogP contribution in [0.15, 0.2) is 42.0 Å². The third-order valence-electron chi connectivity index (χ3n) is 6.85. The van der Waals surface area contributed by atoms with Gasteiger partial charge >= 0.3 is 0 Å². The summed E-state index contributed by atoms with van der Waals surface area (Å²) in [4.78, 5) is 30.5. The molecule has 38 heavy (non-hydrogen) atoms. The lowest BCUT2D eigenvalue weighted by atomic mass is 9.93. The van der Waals surface area contributed by atoms with Crippen molar-refractivity contribution >= 4 is 17.4 Å². The van der Waals surface area contributed by atoms with E-state index in [-0.39, 0.29) is 11.3 Å². The molecule has 2 aromatic rings. The molecule has 1 saturated heterocycles. The van der Waals surface area contributed by atoms with Gasteiger partial charge in [0.15, 0.2) is 11.5 Å². The minimum atomic E-state index is -0.776. The molecule has 8 heteroatoms. The molecule has 1 aliphatic heterocycles. The zero-order chi connectivity index (χ0) is 28.0. The molecule has 1 N–H and O–H groups in total. The Balaban J connectivity index is 2.12. The summed E-state index contributed by atoms with van der Waals surface area (Å²) in [6.07, 6.45) is 0. The van der Waals surface area contributed by atoms with E-state index < -0.39 is 17.7 Å². The minimum Gasteiger partial charge on any atom is -0.507 e. The normalized spacial score (nSPS) is 17.0. The Morgan fingerprint density at radius 2 is 1.71 bits per heavy atom. The Morgan fingerprint density at radius 3 is 2.29 bits per heavy atom. The number of hydrogen-bond donors (Lipinski definition) is 1. The molecule has 1 aliphatic rings. The second-order valence-electron chi connectivity index (χ2n) is 9.82. The number of nitrogens with zero attached hydrogens (tertiary/aromatic N) is 2. The Morgan fingerprint density at radius 1 is 1.03 bits per heavy atom. The van der Waals surface area contributed by atoms with Gasteiger partial charge in [0.1, 0.15) is 11.5 Å². The number of rotatable bonds is 12. The van der Waals surface area contributed by atoms with E-state index in [2.05, 4.69) is 32.6 Å². The fraction of sp³-hybridized carbons (Fsp3) is 0.467. The molecular weight excluding hydrogens is 484 g/mol. The lowest BCUT2D eigenvalue weighted by Gasteiger charge is -2.28. The first-order chi connectivity index (χ1) is 18.2. The first-order valence-electron chi connectivity index (χ1n) is 13.1. The molecule has 1 amide bonds. The van der Waals surface area contributed by atoms with Crippen LogP contribution in [-0.2, 0) is 9.59 Å². The molecule has 1 fully saturated rings. The Labute approximate surface area is 225 Å². The van der Waals surface area contributed by atoms with Crippen molar-refractivity contribution in [2.45, 2.75) is 40.7 Å². The van der Waals surface area contributed by atoms with Gasteiger partial charge in [-0.05, 0) is 67.4 Å². The number of aryl methyl sites for hydroxylation is 1. The second kappa shape index (κ2) is 12.8. The molecule has 3 rings (SSSR count). The van der Waals surface area contributed by atoms with Crippen LogP contribution in [-0.4, -0.2) is 73.6 Å². The van der Waals surface area contributed by atoms with Gasteiger partial charge in [0.2, 0.25) is 0 Å². The van der Waals surface area contributed by atoms with Gasteiger partial charge in [-0.25, -0.2) is 0 Å². The highest BCUT2D eigenvalue weighted by Crippen LogP contribution is 2.42. The number of likely N-dealkylation sites (tertiary alicyclic amines) is 1. The largest absolute Gasteiger partial charge is 0.507 e. The van der Waals surface area contributed by atoms with Gasteiger partial charge in [-0.15, -0.1) is 0 Å². The lowest BCUT2D eigenvalue weighted by Crippen LogP contribution is -2.38. The highest BCUT2D eigenvalue weighted by molar-refractivity contribution is 6.46. The SMILES string of the molecule is CCN(CC)CCN1C(=O)C(=O)/C(=C(/O)c2ccc(OCC(C)C)cc2C)C1c1ccc(OC)c(OC)c1. The van der Waals surface area contributed by atoms with Crippen molar-refractivity contribution < 1.29 is 28.9 Å². The van der Waals surface area contributed by atoms with E-state index in [9.17, 15) is 14.7 Å². The summed E-state index contributed by atoms with van der Waals surface area (Å²) in [6, 6.07) is 9.85. The van der Waals surface area contributed by atoms with Gasteiger partial charge in [-0.1, -0.05) is 33.8 Å². The Hall–Kier alpha value is -3.52. The number of Topliss-reactive ketones (excluding diaryl/α,β-unsaturated/α-hetero) is 1. The van der Waals surface area contributed by atoms with Crippen molar-refractivity contribution in [2.75, 3.05) is 47.0 Å². The van der Waals surface area contributed by atoms with Crippen LogP contribution in [0.1, 0.15) is 50.4 Å². The molecule has 1 heterocycles. The van der Waals surface area contributed by atoms with Crippen LogP contribution in [0.25, 0.3) is 5.76 Å². The van der Waals surface area contributed by atoms with Gasteiger partial charge in [0.05, 0.1) is 32.4 Å². The summed E-state index contributed by atoms with van der Waals surface area (Å²) in [5.74, 6) is 0.517. The summed E-state index contributed by atoms with van der Waals surface area (Å²) in [6.45, 7) is 13.3. The maximum atomic E-state index is 13.4. The topological polar surface area (TPSA) is 88.5 Å². The first-order valence-corrected chi connectivity index (χ1v) is 13.1. The fourth-order valence-electron chi connectivity index (χ4n) is 4.67. The third kappa shape index (κ3) is 6.13. The number of carbonyl (C=O) groups excluding carboxylic acids is 2. The summed E-state index contributed by atoms with van der Waals surface area (Å²) in [5, 5.41) is 11.5. The maximum Gasteiger partial charge on any atom is 0.295 e. The molecule has 0 aliphatic carbocycles. The monoisotopic (exact) mass is 524 g/mol. The molecule has 0 saturated carbocycles. The van der Waals surface area contributed by atoms with E-state index in [4.69, 9.17) is 14.2 Å². The van der Waals surface area contributed by atoms with Crippen LogP contribution in [0, 0.1) is 12.8 Å². The molecule has 1 unspecified atom stereocenters. The van der Waals surface area contributed by atoms with Crippen LogP contribution < -0.4 is 14.2 Å². The number of aliphatic hydroxyl groups is 1. The van der Waals surface area contributed by atoms with Gasteiger partial charge < -0.3 is 29.1 Å². The number of ketones is 1. The molecule has 2 aromatic carbocycles. The molecule has 206 valence electrons. The molecule has 0 spiro atoms. The van der Waals surface area contributed by atoms with Crippen molar-refractivity contribution in [2.24, 2.45) is 5.92 Å². The number of ether oxygens (including phenoxy) is 3. The summed E-state index contributed by atoms with van der Waals surface area (Å²) in [7, 11) is 3.08. The highest BCUT2D eigenvalue weighted by Gasteiger charge is 2.46. The molecule has 1 atom stereocenters. The van der Waals surface area contributed by atoms with Gasteiger partial charge in [0, 0.05) is 18.7 Å². The van der Waals surface area contributed by atoms with Crippen LogP contribution in [0.3, 0.4) is 0 Å². The number of benzene rings is 2. The van der Waals surface area contributed by atoms with Crippen LogP contribution in [0.4, 0.5) is 0 Å². The van der Waals surface area contributed by atoms with E-state index in [1.165, 1.54) is 7.11 Å². The average molecular weight is 525 g/mol. The number of likely N-dealkylation sites (N-methyl/N-ethyl adjacent to an activating group) is 1. The zero-order valence-corrected chi connectivity index (χ0v) is 23.5. The van der Waals surface area contributed by atoms with E-state index in [1.807, 2.05) is 13.0 Å².